The maximum atomic E-state index is 14.9. The van der Waals surface area contributed by atoms with E-state index in [2.05, 4.69) is 5.32 Å². The van der Waals surface area contributed by atoms with Gasteiger partial charge in [0.15, 0.2) is 17.3 Å². The fourth-order valence-corrected chi connectivity index (χ4v) is 6.96. The van der Waals surface area contributed by atoms with Crippen LogP contribution in [-0.4, -0.2) is 42.4 Å². The minimum atomic E-state index is -1.57. The molecule has 1 atom stereocenters. The van der Waals surface area contributed by atoms with E-state index in [-0.39, 0.29) is 17.3 Å². The smallest absolute Gasteiger partial charge is 0.194 e. The maximum absolute atomic E-state index is 14.9. The lowest BCUT2D eigenvalue weighted by atomic mass is 9.63. The zero-order valence-corrected chi connectivity index (χ0v) is 21.1. The predicted molar refractivity (Wildman–Crippen MR) is 147 cm³/mol. The van der Waals surface area contributed by atoms with Crippen LogP contribution in [0.25, 0.3) is 16.5 Å². The number of nitrogens with zero attached hydrogens (tertiary/aromatic N) is 1. The van der Waals surface area contributed by atoms with Gasteiger partial charge in [-0.05, 0) is 40.6 Å². The summed E-state index contributed by atoms with van der Waals surface area (Å²) in [5.74, 6) is 0.492. The summed E-state index contributed by atoms with van der Waals surface area (Å²) in [5, 5.41) is 5.14. The molecule has 39 heavy (non-hydrogen) atoms. The van der Waals surface area contributed by atoms with Gasteiger partial charge in [0, 0.05) is 40.9 Å². The molecule has 6 nitrogen and oxygen atoms in total. The quantitative estimate of drug-likeness (QED) is 0.395. The van der Waals surface area contributed by atoms with E-state index in [1.54, 1.807) is 31.4 Å². The van der Waals surface area contributed by atoms with E-state index in [9.17, 15) is 14.4 Å². The van der Waals surface area contributed by atoms with Crippen LogP contribution in [0.2, 0.25) is 0 Å². The second-order valence-electron chi connectivity index (χ2n) is 10.2. The SMILES string of the molecule is COc1ccc(C(=O)C2=C3NCCN3C3=C(C(=O)c4ccccc43)[C@@]23C(=O)c2cccc4cccc3c24)cc1. The van der Waals surface area contributed by atoms with Crippen molar-refractivity contribution in [2.75, 3.05) is 20.2 Å². The fourth-order valence-electron chi connectivity index (χ4n) is 6.96. The molecular weight excluding hydrogens is 488 g/mol. The van der Waals surface area contributed by atoms with Gasteiger partial charge in [0.05, 0.1) is 18.4 Å². The minimum absolute atomic E-state index is 0.204. The van der Waals surface area contributed by atoms with Crippen molar-refractivity contribution < 1.29 is 19.1 Å². The number of hydrogen-bond donors (Lipinski definition) is 1. The van der Waals surface area contributed by atoms with Crippen molar-refractivity contribution >= 4 is 33.8 Å². The summed E-state index contributed by atoms with van der Waals surface area (Å²) in [7, 11) is 1.57. The van der Waals surface area contributed by atoms with Crippen LogP contribution < -0.4 is 10.1 Å². The van der Waals surface area contributed by atoms with Gasteiger partial charge in [0.25, 0.3) is 0 Å². The lowest BCUT2D eigenvalue weighted by Crippen LogP contribution is -2.47. The maximum Gasteiger partial charge on any atom is 0.194 e. The second kappa shape index (κ2) is 7.54. The van der Waals surface area contributed by atoms with Gasteiger partial charge in [-0.1, -0.05) is 60.7 Å². The van der Waals surface area contributed by atoms with Gasteiger partial charge < -0.3 is 15.0 Å². The number of carbonyl (C=O) groups excluding carboxylic acids is 3. The molecule has 188 valence electrons. The van der Waals surface area contributed by atoms with Crippen molar-refractivity contribution in [2.24, 2.45) is 0 Å². The third-order valence-corrected chi connectivity index (χ3v) is 8.52. The van der Waals surface area contributed by atoms with Gasteiger partial charge in [-0.15, -0.1) is 0 Å². The summed E-state index contributed by atoms with van der Waals surface area (Å²) in [5.41, 5.74) is 2.83. The Morgan fingerprint density at radius 1 is 0.872 bits per heavy atom. The largest absolute Gasteiger partial charge is 0.497 e. The van der Waals surface area contributed by atoms with Crippen molar-refractivity contribution in [1.82, 2.24) is 10.2 Å². The van der Waals surface area contributed by atoms with Crippen LogP contribution in [0.1, 0.15) is 42.2 Å². The lowest BCUT2D eigenvalue weighted by molar-refractivity contribution is 0.0877. The van der Waals surface area contributed by atoms with Gasteiger partial charge in [-0.2, -0.15) is 0 Å². The summed E-state index contributed by atoms with van der Waals surface area (Å²) in [4.78, 5) is 45.9. The Morgan fingerprint density at radius 2 is 1.59 bits per heavy atom. The molecule has 1 saturated heterocycles. The number of allylic oxidation sites excluding steroid dienone is 2. The van der Waals surface area contributed by atoms with Crippen molar-refractivity contribution in [3.63, 3.8) is 0 Å². The zero-order chi connectivity index (χ0) is 26.5. The summed E-state index contributed by atoms with van der Waals surface area (Å²) >= 11 is 0. The van der Waals surface area contributed by atoms with E-state index in [1.807, 2.05) is 65.6 Å². The number of hydrogen-bond acceptors (Lipinski definition) is 6. The summed E-state index contributed by atoms with van der Waals surface area (Å²) < 4.78 is 5.31. The van der Waals surface area contributed by atoms with Crippen molar-refractivity contribution in [1.29, 1.82) is 0 Å². The molecule has 0 amide bonds. The molecule has 1 fully saturated rings. The van der Waals surface area contributed by atoms with Crippen LogP contribution in [0.5, 0.6) is 5.75 Å². The summed E-state index contributed by atoms with van der Waals surface area (Å²) in [6, 6.07) is 25.8. The highest BCUT2D eigenvalue weighted by atomic mass is 16.5. The van der Waals surface area contributed by atoms with Gasteiger partial charge in [0.1, 0.15) is 17.0 Å². The molecule has 0 radical (unpaired) electrons. The normalized spacial score (nSPS) is 20.5. The van der Waals surface area contributed by atoms with Crippen molar-refractivity contribution in [2.45, 2.75) is 5.41 Å². The number of nitrogens with one attached hydrogen (secondary N) is 1. The van der Waals surface area contributed by atoms with Crippen LogP contribution in [0, 0.1) is 0 Å². The van der Waals surface area contributed by atoms with E-state index < -0.39 is 5.41 Å². The molecule has 4 aromatic rings. The number of carbonyl (C=O) groups is 3. The number of ether oxygens (including phenoxy) is 1. The Hall–Kier alpha value is -4.97. The average Bonchev–Trinajstić information content (AvgIpc) is 3.64. The van der Waals surface area contributed by atoms with E-state index in [0.29, 0.717) is 58.1 Å². The third kappa shape index (κ3) is 2.53. The van der Waals surface area contributed by atoms with E-state index in [4.69, 9.17) is 4.74 Å². The Morgan fingerprint density at radius 3 is 2.36 bits per heavy atom. The zero-order valence-electron chi connectivity index (χ0n) is 21.1. The molecule has 8 rings (SSSR count). The summed E-state index contributed by atoms with van der Waals surface area (Å²) in [6.07, 6.45) is 0. The molecule has 1 spiro atoms. The Bertz CT molecular complexity index is 1880. The molecule has 2 aliphatic carbocycles. The number of rotatable bonds is 3. The number of Topliss-reactive ketones (excluding diaryl/α,β-unsaturated/α-hetero) is 3. The Kier molecular flexibility index (Phi) is 4.26. The molecule has 0 aromatic heterocycles. The standard InChI is InChI=1S/C33H22N2O4/c1-39-20-14-12-19(13-15-20)29(36)27-32-34-16-17-35(32)28-21-8-2-3-9-22(21)30(37)26(28)33(27)24-11-5-7-18-6-4-10-23(25(18)24)31(33)38/h2-15,34H,16-17H2,1H3/t33-/m1/s1. The molecular formula is C33H22N2O4. The molecule has 6 heteroatoms. The van der Waals surface area contributed by atoms with Crippen LogP contribution in [0.4, 0.5) is 0 Å². The van der Waals surface area contributed by atoms with Gasteiger partial charge in [-0.3, -0.25) is 14.4 Å². The Balaban J connectivity index is 1.50. The molecule has 0 bridgehead atoms. The number of ketones is 3. The summed E-state index contributed by atoms with van der Waals surface area (Å²) in [6.45, 7) is 1.17. The van der Waals surface area contributed by atoms with Crippen molar-refractivity contribution in [3.8, 4) is 5.75 Å². The first-order chi connectivity index (χ1) is 19.1. The van der Waals surface area contributed by atoms with Crippen molar-refractivity contribution in [3.05, 3.63) is 130 Å². The molecule has 0 unspecified atom stereocenters. The fraction of sp³-hybridized carbons (Fsp3) is 0.121. The number of methoxy groups -OCH3 is 1. The Labute approximate surface area is 224 Å². The van der Waals surface area contributed by atoms with Crippen LogP contribution in [-0.2, 0) is 5.41 Å². The first-order valence-electron chi connectivity index (χ1n) is 13.0. The van der Waals surface area contributed by atoms with E-state index in [0.717, 1.165) is 22.0 Å². The van der Waals surface area contributed by atoms with Crippen LogP contribution in [0.3, 0.4) is 0 Å². The van der Waals surface area contributed by atoms with Gasteiger partial charge >= 0.3 is 0 Å². The predicted octanol–water partition coefficient (Wildman–Crippen LogP) is 4.90. The first kappa shape index (κ1) is 22.1. The van der Waals surface area contributed by atoms with Gasteiger partial charge in [0.2, 0.25) is 0 Å². The molecule has 2 aliphatic heterocycles. The van der Waals surface area contributed by atoms with E-state index >= 15 is 0 Å². The van der Waals surface area contributed by atoms with Crippen LogP contribution >= 0.6 is 0 Å². The average molecular weight is 511 g/mol. The lowest BCUT2D eigenvalue weighted by Gasteiger charge is -2.40. The second-order valence-corrected chi connectivity index (χ2v) is 10.2. The molecule has 0 saturated carbocycles. The monoisotopic (exact) mass is 510 g/mol. The number of fused-ring (bicyclic) bond motifs is 6. The highest BCUT2D eigenvalue weighted by Crippen LogP contribution is 2.60. The molecule has 4 aliphatic rings. The first-order valence-corrected chi connectivity index (χ1v) is 13.0. The minimum Gasteiger partial charge on any atom is -0.497 e. The molecule has 2 heterocycles. The van der Waals surface area contributed by atoms with Crippen LogP contribution in [0.15, 0.2) is 102 Å². The molecule has 1 N–H and O–H groups in total. The highest BCUT2D eigenvalue weighted by Gasteiger charge is 2.63. The molecule has 4 aromatic carbocycles. The van der Waals surface area contributed by atoms with Gasteiger partial charge in [-0.25, -0.2) is 0 Å². The third-order valence-electron chi connectivity index (χ3n) is 8.52. The topological polar surface area (TPSA) is 75.7 Å². The van der Waals surface area contributed by atoms with E-state index in [1.165, 1.54) is 0 Å². The highest BCUT2D eigenvalue weighted by molar-refractivity contribution is 6.36. The number of benzene rings is 4.